The molecule has 1 unspecified atom stereocenters. The lowest BCUT2D eigenvalue weighted by Gasteiger charge is -2.23. The predicted molar refractivity (Wildman–Crippen MR) is 164 cm³/mol. The Labute approximate surface area is 275 Å². The Balaban J connectivity index is 0.000000771. The van der Waals surface area contributed by atoms with Crippen LogP contribution in [0.4, 0.5) is 32.2 Å². The van der Waals surface area contributed by atoms with Crippen LogP contribution in [0.15, 0.2) is 40.9 Å². The summed E-state index contributed by atoms with van der Waals surface area (Å²) in [7, 11) is 0. The summed E-state index contributed by atoms with van der Waals surface area (Å²) in [4.78, 5) is 25.3. The maximum absolute atomic E-state index is 13.4. The van der Waals surface area contributed by atoms with Crippen LogP contribution in [0.3, 0.4) is 0 Å². The normalized spacial score (nSPS) is 13.9. The molecule has 9 nitrogen and oxygen atoms in total. The summed E-state index contributed by atoms with van der Waals surface area (Å²) in [6.45, 7) is 5.85. The molecule has 3 aromatic rings. The largest absolute Gasteiger partial charge is 0.490 e. The molecule has 1 atom stereocenters. The van der Waals surface area contributed by atoms with Crippen molar-refractivity contribution in [1.29, 1.82) is 0 Å². The number of carboxylic acids is 2. The number of benzene rings is 1. The van der Waals surface area contributed by atoms with Crippen LogP contribution in [0.2, 0.25) is 0 Å². The van der Waals surface area contributed by atoms with Gasteiger partial charge in [0.15, 0.2) is 0 Å². The number of fused-ring (bicyclic) bond motifs is 1. The summed E-state index contributed by atoms with van der Waals surface area (Å²) in [6.07, 6.45) is -7.20. The molecule has 47 heavy (non-hydrogen) atoms. The topological polar surface area (TPSA) is 127 Å². The molecular formula is C31H35BrF6N4O5. The van der Waals surface area contributed by atoms with Crippen LogP contribution < -0.4 is 10.1 Å². The van der Waals surface area contributed by atoms with E-state index in [1.54, 1.807) is 0 Å². The third kappa shape index (κ3) is 12.0. The van der Waals surface area contributed by atoms with Gasteiger partial charge in [0, 0.05) is 29.2 Å². The zero-order valence-corrected chi connectivity index (χ0v) is 27.4. The zero-order chi connectivity index (χ0) is 35.2. The van der Waals surface area contributed by atoms with Gasteiger partial charge in [-0.2, -0.15) is 31.4 Å². The molecule has 3 heterocycles. The van der Waals surface area contributed by atoms with E-state index in [9.17, 15) is 36.2 Å². The standard InChI is InChI=1S/C29H34BrF3N4O3.C2HF3O2/c1-28(2,3)21-11-19(12-22(30)15-21)20(14-26(38)39)13-24-16-25(37(36-24)17-29(31,32)33)40-10-8-23-7-6-18-5-4-9-34-27(18)35-23;3-2(4,5)1(6)7/h6-7,11-12,15-16,20H,4-5,8-10,13-14,17H2,1-3H3,(H,34,35)(H,38,39);(H,6,7). The number of carboxylic acid groups (broad SMARTS) is 2. The molecule has 2 aromatic heterocycles. The maximum atomic E-state index is 13.4. The molecule has 0 radical (unpaired) electrons. The van der Waals surface area contributed by atoms with Gasteiger partial charge in [-0.3, -0.25) is 4.79 Å². The van der Waals surface area contributed by atoms with E-state index in [0.717, 1.165) is 56.7 Å². The first-order valence-electron chi connectivity index (χ1n) is 14.5. The third-order valence-electron chi connectivity index (χ3n) is 7.06. The highest BCUT2D eigenvalue weighted by molar-refractivity contribution is 9.10. The minimum Gasteiger partial charge on any atom is -0.481 e. The molecule has 258 valence electrons. The van der Waals surface area contributed by atoms with Crippen LogP contribution >= 0.6 is 15.9 Å². The lowest BCUT2D eigenvalue weighted by molar-refractivity contribution is -0.192. The van der Waals surface area contributed by atoms with Gasteiger partial charge in [0.25, 0.3) is 0 Å². The molecule has 4 rings (SSSR count). The van der Waals surface area contributed by atoms with Crippen LogP contribution in [-0.4, -0.2) is 62.4 Å². The van der Waals surface area contributed by atoms with Crippen LogP contribution in [-0.2, 0) is 40.8 Å². The third-order valence-corrected chi connectivity index (χ3v) is 7.52. The number of alkyl halides is 6. The molecule has 3 N–H and O–H groups in total. The van der Waals surface area contributed by atoms with Gasteiger partial charge >= 0.3 is 24.3 Å². The number of aliphatic carboxylic acids is 2. The lowest BCUT2D eigenvalue weighted by atomic mass is 9.83. The van der Waals surface area contributed by atoms with Crippen molar-refractivity contribution < 1.29 is 50.9 Å². The molecule has 0 saturated carbocycles. The first-order chi connectivity index (χ1) is 21.7. The van der Waals surface area contributed by atoms with Crippen molar-refractivity contribution in [2.75, 3.05) is 18.5 Å². The first-order valence-corrected chi connectivity index (χ1v) is 15.3. The average Bonchev–Trinajstić information content (AvgIpc) is 3.30. The van der Waals surface area contributed by atoms with Crippen molar-refractivity contribution in [2.24, 2.45) is 0 Å². The number of hydrogen-bond acceptors (Lipinski definition) is 6. The molecule has 0 saturated heterocycles. The van der Waals surface area contributed by atoms with E-state index < -0.39 is 36.8 Å². The van der Waals surface area contributed by atoms with Crippen molar-refractivity contribution in [3.05, 3.63) is 68.9 Å². The molecule has 1 aliphatic heterocycles. The molecule has 0 bridgehead atoms. The van der Waals surface area contributed by atoms with Crippen molar-refractivity contribution in [3.63, 3.8) is 0 Å². The number of aromatic nitrogens is 3. The van der Waals surface area contributed by atoms with E-state index in [2.05, 4.69) is 52.1 Å². The van der Waals surface area contributed by atoms with Crippen molar-refractivity contribution in [2.45, 2.75) is 83.1 Å². The Morgan fingerprint density at radius 1 is 1.04 bits per heavy atom. The second kappa shape index (κ2) is 15.4. The van der Waals surface area contributed by atoms with E-state index in [4.69, 9.17) is 14.6 Å². The number of nitrogens with zero attached hydrogens (tertiary/aromatic N) is 3. The number of aryl methyl sites for hydroxylation is 1. The zero-order valence-electron chi connectivity index (χ0n) is 25.8. The minimum absolute atomic E-state index is 0.0119. The minimum atomic E-state index is -5.08. The van der Waals surface area contributed by atoms with Gasteiger partial charge in [-0.1, -0.05) is 48.8 Å². The maximum Gasteiger partial charge on any atom is 0.490 e. The predicted octanol–water partition coefficient (Wildman–Crippen LogP) is 7.31. The quantitative estimate of drug-likeness (QED) is 0.185. The van der Waals surface area contributed by atoms with Crippen LogP contribution in [0.5, 0.6) is 5.88 Å². The highest BCUT2D eigenvalue weighted by Gasteiger charge is 2.38. The smallest absolute Gasteiger partial charge is 0.481 e. The Kier molecular flexibility index (Phi) is 12.3. The number of carbonyl (C=O) groups is 2. The van der Waals surface area contributed by atoms with Crippen molar-refractivity contribution in [3.8, 4) is 5.88 Å². The fourth-order valence-electron chi connectivity index (χ4n) is 4.77. The number of ether oxygens (including phenoxy) is 1. The Morgan fingerprint density at radius 3 is 2.32 bits per heavy atom. The van der Waals surface area contributed by atoms with Crippen LogP contribution in [0, 0.1) is 0 Å². The highest BCUT2D eigenvalue weighted by atomic mass is 79.9. The van der Waals surface area contributed by atoms with Gasteiger partial charge in [0.1, 0.15) is 12.4 Å². The number of pyridine rings is 1. The second-order valence-corrected chi connectivity index (χ2v) is 12.9. The molecule has 0 aliphatic carbocycles. The molecular weight excluding hydrogens is 702 g/mol. The number of rotatable bonds is 10. The lowest BCUT2D eigenvalue weighted by Crippen LogP contribution is -2.21. The highest BCUT2D eigenvalue weighted by Crippen LogP contribution is 2.33. The number of anilines is 1. The van der Waals surface area contributed by atoms with E-state index in [-0.39, 0.29) is 30.7 Å². The molecule has 1 aliphatic rings. The van der Waals surface area contributed by atoms with Gasteiger partial charge in [-0.25, -0.2) is 14.5 Å². The van der Waals surface area contributed by atoms with E-state index in [1.165, 1.54) is 6.07 Å². The molecule has 1 aromatic carbocycles. The van der Waals surface area contributed by atoms with Gasteiger partial charge < -0.3 is 20.3 Å². The van der Waals surface area contributed by atoms with Gasteiger partial charge in [0.05, 0.1) is 18.7 Å². The Bertz CT molecular complexity index is 1550. The van der Waals surface area contributed by atoms with E-state index >= 15 is 0 Å². The molecule has 16 heteroatoms. The first kappa shape index (κ1) is 37.6. The van der Waals surface area contributed by atoms with E-state index in [1.807, 2.05) is 30.3 Å². The SMILES string of the molecule is CC(C)(C)c1cc(Br)cc(C(CC(=O)O)Cc2cc(OCCc3ccc4c(n3)NCCC4)n(CC(F)(F)F)n2)c1.O=C(O)C(F)(F)F. The van der Waals surface area contributed by atoms with Crippen LogP contribution in [0.25, 0.3) is 0 Å². The summed E-state index contributed by atoms with van der Waals surface area (Å²) in [5.41, 5.74) is 3.89. The van der Waals surface area contributed by atoms with Crippen molar-refractivity contribution in [1.82, 2.24) is 14.8 Å². The molecule has 0 spiro atoms. The fourth-order valence-corrected chi connectivity index (χ4v) is 5.28. The summed E-state index contributed by atoms with van der Waals surface area (Å²) >= 11 is 3.52. The number of hydrogen-bond donors (Lipinski definition) is 3. The van der Waals surface area contributed by atoms with Gasteiger partial charge in [-0.15, -0.1) is 0 Å². The van der Waals surface area contributed by atoms with Gasteiger partial charge in [0.2, 0.25) is 5.88 Å². The Morgan fingerprint density at radius 2 is 1.72 bits per heavy atom. The van der Waals surface area contributed by atoms with E-state index in [0.29, 0.717) is 12.1 Å². The molecule has 0 amide bonds. The average molecular weight is 738 g/mol. The monoisotopic (exact) mass is 736 g/mol. The summed E-state index contributed by atoms with van der Waals surface area (Å²) < 4.78 is 79.2. The summed E-state index contributed by atoms with van der Waals surface area (Å²) in [5.74, 6) is -3.42. The van der Waals surface area contributed by atoms with Gasteiger partial charge in [-0.05, 0) is 65.5 Å². The fraction of sp³-hybridized carbons (Fsp3) is 0.484. The van der Waals surface area contributed by atoms with Crippen molar-refractivity contribution >= 4 is 33.7 Å². The number of halogens is 7. The Hall–Kier alpha value is -3.82. The number of nitrogens with one attached hydrogen (secondary N) is 1. The summed E-state index contributed by atoms with van der Waals surface area (Å²) in [5, 5.41) is 24.2. The molecule has 0 fully saturated rings. The summed E-state index contributed by atoms with van der Waals surface area (Å²) in [6, 6.07) is 11.2. The van der Waals surface area contributed by atoms with Crippen LogP contribution in [0.1, 0.15) is 67.6 Å². The second-order valence-electron chi connectivity index (χ2n) is 12.0.